The number of cyclic esters (lactones) is 1. The van der Waals surface area contributed by atoms with Crippen LogP contribution in [0.3, 0.4) is 0 Å². The van der Waals surface area contributed by atoms with Crippen LogP contribution in [0.4, 0.5) is 21.0 Å². The number of carbonyl (C=O) groups excluding carboxylic acids is 2. The molecule has 1 aliphatic heterocycles. The zero-order valence-electron chi connectivity index (χ0n) is 15.1. The van der Waals surface area contributed by atoms with Gasteiger partial charge in [0.15, 0.2) is 0 Å². The summed E-state index contributed by atoms with van der Waals surface area (Å²) < 4.78 is 4.96. The predicted octanol–water partition coefficient (Wildman–Crippen LogP) is 4.61. The van der Waals surface area contributed by atoms with Crippen LogP contribution < -0.4 is 15.5 Å². The third kappa shape index (κ3) is 4.16. The van der Waals surface area contributed by atoms with E-state index in [-0.39, 0.29) is 23.6 Å². The molecule has 1 aromatic carbocycles. The smallest absolute Gasteiger partial charge is 0.414 e. The molecule has 1 aliphatic rings. The fourth-order valence-corrected chi connectivity index (χ4v) is 3.87. The molecule has 0 radical (unpaired) electrons. The molecule has 2 heterocycles. The van der Waals surface area contributed by atoms with Gasteiger partial charge in [0.1, 0.15) is 6.61 Å². The highest BCUT2D eigenvalue weighted by Crippen LogP contribution is 2.35. The quantitative estimate of drug-likeness (QED) is 0.822. The van der Waals surface area contributed by atoms with E-state index in [2.05, 4.69) is 31.4 Å². The fraction of sp³-hybridized carbons (Fsp3) is 0.368. The summed E-state index contributed by atoms with van der Waals surface area (Å²) in [6.45, 7) is 7.18. The highest BCUT2D eigenvalue weighted by molar-refractivity contribution is 7.10. The molecule has 1 saturated heterocycles. The van der Waals surface area contributed by atoms with Crippen LogP contribution in [0.15, 0.2) is 41.8 Å². The lowest BCUT2D eigenvalue weighted by molar-refractivity contribution is 0.181. The number of nitrogens with zero attached hydrogens (tertiary/aromatic N) is 1. The van der Waals surface area contributed by atoms with Crippen LogP contribution in [0, 0.1) is 5.41 Å². The fourth-order valence-electron chi connectivity index (χ4n) is 2.85. The second kappa shape index (κ2) is 7.37. The SMILES string of the molecule is CC(C)(C)C(NC(=O)Nc1cccc(N2CCOC2=O)c1)c1cccs1. The van der Waals surface area contributed by atoms with Crippen molar-refractivity contribution in [3.05, 3.63) is 46.7 Å². The summed E-state index contributed by atoms with van der Waals surface area (Å²) in [5.41, 5.74) is 1.21. The second-order valence-corrected chi connectivity index (χ2v) is 8.21. The first kappa shape index (κ1) is 18.3. The molecule has 1 unspecified atom stereocenters. The summed E-state index contributed by atoms with van der Waals surface area (Å²) >= 11 is 1.63. The van der Waals surface area contributed by atoms with Gasteiger partial charge in [-0.25, -0.2) is 9.59 Å². The maximum atomic E-state index is 12.5. The molecule has 0 spiro atoms. The van der Waals surface area contributed by atoms with Gasteiger partial charge >= 0.3 is 12.1 Å². The number of thiophene rings is 1. The normalized spacial score (nSPS) is 15.5. The molecule has 1 aromatic heterocycles. The van der Waals surface area contributed by atoms with Gasteiger partial charge in [-0.3, -0.25) is 4.90 Å². The minimum absolute atomic E-state index is 0.0979. The molecule has 138 valence electrons. The molecule has 0 saturated carbocycles. The van der Waals surface area contributed by atoms with Crippen molar-refractivity contribution in [2.45, 2.75) is 26.8 Å². The van der Waals surface area contributed by atoms with Crippen molar-refractivity contribution in [2.24, 2.45) is 5.41 Å². The molecule has 1 fully saturated rings. The summed E-state index contributed by atoms with van der Waals surface area (Å²) in [5.74, 6) is 0. The van der Waals surface area contributed by atoms with Gasteiger partial charge in [-0.1, -0.05) is 32.9 Å². The van der Waals surface area contributed by atoms with E-state index in [1.54, 1.807) is 34.4 Å². The number of amides is 3. The van der Waals surface area contributed by atoms with Crippen molar-refractivity contribution in [1.29, 1.82) is 0 Å². The first-order chi connectivity index (χ1) is 12.3. The molecule has 2 aromatic rings. The third-order valence-corrected chi connectivity index (χ3v) is 5.08. The Kier molecular flexibility index (Phi) is 5.18. The van der Waals surface area contributed by atoms with Gasteiger partial charge < -0.3 is 15.4 Å². The number of nitrogens with one attached hydrogen (secondary N) is 2. The average molecular weight is 373 g/mol. The molecule has 3 rings (SSSR count). The summed E-state index contributed by atoms with van der Waals surface area (Å²) in [4.78, 5) is 26.9. The van der Waals surface area contributed by atoms with Crippen LogP contribution >= 0.6 is 11.3 Å². The zero-order valence-corrected chi connectivity index (χ0v) is 15.9. The van der Waals surface area contributed by atoms with Gasteiger partial charge in [-0.05, 0) is 35.1 Å². The third-order valence-electron chi connectivity index (χ3n) is 4.15. The van der Waals surface area contributed by atoms with E-state index in [0.717, 1.165) is 4.88 Å². The first-order valence-corrected chi connectivity index (χ1v) is 9.38. The van der Waals surface area contributed by atoms with Crippen molar-refractivity contribution in [1.82, 2.24) is 5.32 Å². The second-order valence-electron chi connectivity index (χ2n) is 7.23. The summed E-state index contributed by atoms with van der Waals surface area (Å²) in [6, 6.07) is 10.8. The van der Waals surface area contributed by atoms with Crippen molar-refractivity contribution in [3.8, 4) is 0 Å². The molecule has 0 aliphatic carbocycles. The standard InChI is InChI=1S/C19H23N3O3S/c1-19(2,3)16(15-8-5-11-26-15)21-17(23)20-13-6-4-7-14(12-13)22-9-10-25-18(22)24/h4-8,11-12,16H,9-10H2,1-3H3,(H2,20,21,23). The van der Waals surface area contributed by atoms with Gasteiger partial charge in [0.2, 0.25) is 0 Å². The minimum Gasteiger partial charge on any atom is -0.447 e. The van der Waals surface area contributed by atoms with E-state index in [1.807, 2.05) is 23.6 Å². The van der Waals surface area contributed by atoms with E-state index in [9.17, 15) is 9.59 Å². The Morgan fingerprint density at radius 2 is 2.08 bits per heavy atom. The van der Waals surface area contributed by atoms with Crippen LogP contribution in [0.2, 0.25) is 0 Å². The van der Waals surface area contributed by atoms with Crippen LogP contribution in [0.25, 0.3) is 0 Å². The maximum absolute atomic E-state index is 12.5. The van der Waals surface area contributed by atoms with Gasteiger partial charge in [-0.2, -0.15) is 0 Å². The molecule has 6 nitrogen and oxygen atoms in total. The number of rotatable bonds is 4. The summed E-state index contributed by atoms with van der Waals surface area (Å²) in [5, 5.41) is 7.93. The molecular weight excluding hydrogens is 350 g/mol. The Morgan fingerprint density at radius 3 is 2.69 bits per heavy atom. The van der Waals surface area contributed by atoms with Gasteiger partial charge in [0.05, 0.1) is 12.6 Å². The highest BCUT2D eigenvalue weighted by Gasteiger charge is 2.29. The van der Waals surface area contributed by atoms with Crippen LogP contribution in [0.1, 0.15) is 31.7 Å². The van der Waals surface area contributed by atoms with Gasteiger partial charge in [0.25, 0.3) is 0 Å². The predicted molar refractivity (Wildman–Crippen MR) is 104 cm³/mol. The zero-order chi connectivity index (χ0) is 18.7. The molecule has 26 heavy (non-hydrogen) atoms. The Labute approximate surface area is 157 Å². The molecule has 2 N–H and O–H groups in total. The summed E-state index contributed by atoms with van der Waals surface area (Å²) in [6.07, 6.45) is -0.364. The van der Waals surface area contributed by atoms with E-state index < -0.39 is 0 Å². The maximum Gasteiger partial charge on any atom is 0.414 e. The number of hydrogen-bond acceptors (Lipinski definition) is 4. The van der Waals surface area contributed by atoms with Crippen LogP contribution in [-0.4, -0.2) is 25.3 Å². The first-order valence-electron chi connectivity index (χ1n) is 8.50. The Morgan fingerprint density at radius 1 is 1.27 bits per heavy atom. The number of ether oxygens (including phenoxy) is 1. The minimum atomic E-state index is -0.364. The number of urea groups is 1. The van der Waals surface area contributed by atoms with Crippen molar-refractivity contribution >= 4 is 34.8 Å². The van der Waals surface area contributed by atoms with Crippen LogP contribution in [-0.2, 0) is 4.74 Å². The van der Waals surface area contributed by atoms with E-state index in [4.69, 9.17) is 4.74 Å². The van der Waals surface area contributed by atoms with E-state index >= 15 is 0 Å². The number of hydrogen-bond donors (Lipinski definition) is 2. The van der Waals surface area contributed by atoms with Gasteiger partial charge in [-0.15, -0.1) is 11.3 Å². The van der Waals surface area contributed by atoms with E-state index in [1.165, 1.54) is 0 Å². The average Bonchev–Trinajstić information content (AvgIpc) is 3.23. The Bertz CT molecular complexity index is 784. The highest BCUT2D eigenvalue weighted by atomic mass is 32.1. The van der Waals surface area contributed by atoms with Crippen molar-refractivity contribution in [2.75, 3.05) is 23.4 Å². The van der Waals surface area contributed by atoms with Gasteiger partial charge in [0, 0.05) is 16.3 Å². The monoisotopic (exact) mass is 373 g/mol. The largest absolute Gasteiger partial charge is 0.447 e. The molecule has 7 heteroatoms. The number of anilines is 2. The topological polar surface area (TPSA) is 70.7 Å². The summed E-state index contributed by atoms with van der Waals surface area (Å²) in [7, 11) is 0. The molecular formula is C19H23N3O3S. The lowest BCUT2D eigenvalue weighted by atomic mass is 9.86. The number of benzene rings is 1. The Balaban J connectivity index is 1.70. The Hall–Kier alpha value is -2.54. The van der Waals surface area contributed by atoms with Crippen molar-refractivity contribution < 1.29 is 14.3 Å². The lowest BCUT2D eigenvalue weighted by Gasteiger charge is -2.30. The van der Waals surface area contributed by atoms with Crippen molar-refractivity contribution in [3.63, 3.8) is 0 Å². The lowest BCUT2D eigenvalue weighted by Crippen LogP contribution is -2.38. The molecule has 0 bridgehead atoms. The molecule has 1 atom stereocenters. The van der Waals surface area contributed by atoms with Crippen LogP contribution in [0.5, 0.6) is 0 Å². The number of carbonyl (C=O) groups is 2. The molecule has 3 amide bonds. The van der Waals surface area contributed by atoms with E-state index in [0.29, 0.717) is 24.5 Å².